The maximum absolute atomic E-state index is 12.9. The SMILES string of the molecule is CCCCCC=CCC=CCC=CCC=CCCCC(=O)N[C@@H](CO[C@H]1OC(CO)[C@H](O)[C@H](O)C1O)[C@H](O)[C@H](O)CCCCCCCCCCCCCC. The third-order valence-corrected chi connectivity index (χ3v) is 10.0. The van der Waals surface area contributed by atoms with Crippen molar-refractivity contribution in [3.05, 3.63) is 48.6 Å². The van der Waals surface area contributed by atoms with Crippen LogP contribution in [0.3, 0.4) is 0 Å². The first kappa shape index (κ1) is 50.1. The van der Waals surface area contributed by atoms with Crippen molar-refractivity contribution in [2.24, 2.45) is 0 Å². The van der Waals surface area contributed by atoms with Crippen molar-refractivity contribution in [1.29, 1.82) is 0 Å². The van der Waals surface area contributed by atoms with Gasteiger partial charge >= 0.3 is 0 Å². The molecule has 314 valence electrons. The predicted octanol–water partition coefficient (Wildman–Crippen LogP) is 7.25. The average Bonchev–Trinajstić information content (AvgIpc) is 3.17. The van der Waals surface area contributed by atoms with Crippen LogP contribution in [0.1, 0.15) is 162 Å². The summed E-state index contributed by atoms with van der Waals surface area (Å²) in [6, 6.07) is -1.02. The van der Waals surface area contributed by atoms with Crippen LogP contribution >= 0.6 is 0 Å². The zero-order valence-corrected chi connectivity index (χ0v) is 33.8. The van der Waals surface area contributed by atoms with E-state index in [-0.39, 0.29) is 18.9 Å². The normalized spacial score (nSPS) is 22.6. The molecule has 0 aromatic heterocycles. The van der Waals surface area contributed by atoms with Gasteiger partial charge in [-0.15, -0.1) is 0 Å². The van der Waals surface area contributed by atoms with E-state index in [1.807, 2.05) is 6.08 Å². The molecule has 7 N–H and O–H groups in total. The first-order valence-electron chi connectivity index (χ1n) is 21.4. The largest absolute Gasteiger partial charge is 0.394 e. The van der Waals surface area contributed by atoms with Gasteiger partial charge < -0.3 is 45.4 Å². The van der Waals surface area contributed by atoms with Gasteiger partial charge in [-0.1, -0.05) is 152 Å². The van der Waals surface area contributed by atoms with E-state index >= 15 is 0 Å². The van der Waals surface area contributed by atoms with Crippen LogP contribution in [-0.2, 0) is 14.3 Å². The number of carbonyl (C=O) groups is 1. The Labute approximate surface area is 327 Å². The molecule has 1 saturated heterocycles. The molecule has 0 saturated carbocycles. The topological polar surface area (TPSA) is 169 Å². The summed E-state index contributed by atoms with van der Waals surface area (Å²) in [5, 5.41) is 64.9. The molecule has 0 aliphatic carbocycles. The lowest BCUT2D eigenvalue weighted by Crippen LogP contribution is -2.60. The fourth-order valence-electron chi connectivity index (χ4n) is 6.48. The van der Waals surface area contributed by atoms with Crippen molar-refractivity contribution in [2.75, 3.05) is 13.2 Å². The summed E-state index contributed by atoms with van der Waals surface area (Å²) < 4.78 is 11.1. The highest BCUT2D eigenvalue weighted by molar-refractivity contribution is 5.76. The minimum Gasteiger partial charge on any atom is -0.394 e. The number of nitrogens with one attached hydrogen (secondary N) is 1. The Morgan fingerprint density at radius 2 is 1.13 bits per heavy atom. The Morgan fingerprint density at radius 1 is 0.648 bits per heavy atom. The van der Waals surface area contributed by atoms with Crippen molar-refractivity contribution in [1.82, 2.24) is 5.32 Å². The molecular formula is C44H79NO9. The molecule has 8 atom stereocenters. The van der Waals surface area contributed by atoms with Crippen LogP contribution in [-0.4, -0.2) is 98.7 Å². The Bertz CT molecular complexity index is 1000. The smallest absolute Gasteiger partial charge is 0.220 e. The standard InChI is InChI=1S/C44H79NO9/c1-3-5-7-9-11-13-15-17-18-19-20-21-23-25-27-29-31-33-39(48)45-36(35-53-44-43(52)42(51)41(50)38(34-46)54-44)40(49)37(47)32-30-28-26-24-22-16-14-12-10-8-6-4-2/h11,13,17-18,20-21,25,27,36-38,40-44,46-47,49-52H,3-10,12,14-16,19,22-24,26,28-35H2,1-2H3,(H,45,48)/t36-,37+,38?,40-,41-,42-,43?,44-/m0/s1. The molecule has 2 unspecified atom stereocenters. The van der Waals surface area contributed by atoms with Gasteiger partial charge in [0.05, 0.1) is 25.4 Å². The van der Waals surface area contributed by atoms with Crippen LogP contribution in [0.4, 0.5) is 0 Å². The van der Waals surface area contributed by atoms with Gasteiger partial charge in [0.25, 0.3) is 0 Å². The molecule has 1 fully saturated rings. The van der Waals surface area contributed by atoms with Gasteiger partial charge in [0.15, 0.2) is 6.29 Å². The Kier molecular flexibility index (Phi) is 31.9. The monoisotopic (exact) mass is 766 g/mol. The van der Waals surface area contributed by atoms with E-state index in [9.17, 15) is 35.4 Å². The van der Waals surface area contributed by atoms with E-state index in [0.29, 0.717) is 19.3 Å². The van der Waals surface area contributed by atoms with E-state index in [0.717, 1.165) is 51.4 Å². The van der Waals surface area contributed by atoms with E-state index in [1.165, 1.54) is 70.6 Å². The molecule has 0 aromatic carbocycles. The van der Waals surface area contributed by atoms with E-state index in [4.69, 9.17) is 9.47 Å². The minimum absolute atomic E-state index is 0.204. The second-order valence-corrected chi connectivity index (χ2v) is 14.9. The maximum Gasteiger partial charge on any atom is 0.220 e. The highest BCUT2D eigenvalue weighted by atomic mass is 16.7. The molecule has 1 aliphatic rings. The summed E-state index contributed by atoms with van der Waals surface area (Å²) in [5.41, 5.74) is 0. The van der Waals surface area contributed by atoms with Crippen molar-refractivity contribution >= 4 is 5.91 Å². The molecule has 1 rings (SSSR count). The quantitative estimate of drug-likeness (QED) is 0.0264. The summed E-state index contributed by atoms with van der Waals surface area (Å²) in [4.78, 5) is 12.9. The molecule has 1 heterocycles. The lowest BCUT2D eigenvalue weighted by Gasteiger charge is -2.40. The summed E-state index contributed by atoms with van der Waals surface area (Å²) >= 11 is 0. The molecule has 1 aliphatic heterocycles. The van der Waals surface area contributed by atoms with Crippen molar-refractivity contribution in [2.45, 2.75) is 210 Å². The number of amides is 1. The number of ether oxygens (including phenoxy) is 2. The second kappa shape index (κ2) is 34.4. The number of allylic oxidation sites excluding steroid dienone is 8. The van der Waals surface area contributed by atoms with Gasteiger partial charge in [-0.3, -0.25) is 4.79 Å². The number of carbonyl (C=O) groups excluding carboxylic acids is 1. The molecule has 54 heavy (non-hydrogen) atoms. The number of unbranched alkanes of at least 4 members (excludes halogenated alkanes) is 15. The third-order valence-electron chi connectivity index (χ3n) is 10.0. The lowest BCUT2D eigenvalue weighted by atomic mass is 9.98. The van der Waals surface area contributed by atoms with Crippen LogP contribution in [0.5, 0.6) is 0 Å². The van der Waals surface area contributed by atoms with E-state index in [1.54, 1.807) is 0 Å². The molecule has 10 nitrogen and oxygen atoms in total. The highest BCUT2D eigenvalue weighted by Gasteiger charge is 2.44. The van der Waals surface area contributed by atoms with Gasteiger partial charge in [0.2, 0.25) is 5.91 Å². The summed E-state index contributed by atoms with van der Waals surface area (Å²) in [7, 11) is 0. The lowest BCUT2D eigenvalue weighted by molar-refractivity contribution is -0.303. The fraction of sp³-hybridized carbons (Fsp3) is 0.795. The van der Waals surface area contributed by atoms with Crippen LogP contribution < -0.4 is 5.32 Å². The van der Waals surface area contributed by atoms with Gasteiger partial charge in [-0.25, -0.2) is 0 Å². The first-order valence-corrected chi connectivity index (χ1v) is 21.4. The molecule has 1 amide bonds. The van der Waals surface area contributed by atoms with Gasteiger partial charge in [-0.2, -0.15) is 0 Å². The van der Waals surface area contributed by atoms with E-state index < -0.39 is 55.6 Å². The predicted molar refractivity (Wildman–Crippen MR) is 218 cm³/mol. The number of hydrogen-bond acceptors (Lipinski definition) is 9. The van der Waals surface area contributed by atoms with Crippen molar-refractivity contribution < 1.29 is 44.9 Å². The second-order valence-electron chi connectivity index (χ2n) is 14.9. The molecule has 0 radical (unpaired) electrons. The first-order chi connectivity index (χ1) is 26.3. The third kappa shape index (κ3) is 24.6. The van der Waals surface area contributed by atoms with Crippen LogP contribution in [0.25, 0.3) is 0 Å². The fourth-order valence-corrected chi connectivity index (χ4v) is 6.48. The molecule has 0 aromatic rings. The zero-order valence-electron chi connectivity index (χ0n) is 33.8. The van der Waals surface area contributed by atoms with Gasteiger partial charge in [-0.05, 0) is 51.4 Å². The summed E-state index contributed by atoms with van der Waals surface area (Å²) in [6.07, 6.45) is 31.2. The zero-order chi connectivity index (χ0) is 39.7. The molecule has 0 bridgehead atoms. The van der Waals surface area contributed by atoms with Gasteiger partial charge in [0, 0.05) is 6.42 Å². The Morgan fingerprint density at radius 3 is 1.67 bits per heavy atom. The number of aliphatic hydroxyl groups is 6. The number of hydrogen-bond donors (Lipinski definition) is 7. The Hall–Kier alpha value is -1.89. The van der Waals surface area contributed by atoms with Crippen LogP contribution in [0.15, 0.2) is 48.6 Å². The molecular weight excluding hydrogens is 686 g/mol. The Balaban J connectivity index is 2.50. The molecule has 10 heteroatoms. The van der Waals surface area contributed by atoms with Crippen molar-refractivity contribution in [3.8, 4) is 0 Å². The molecule has 0 spiro atoms. The van der Waals surface area contributed by atoms with Crippen LogP contribution in [0, 0.1) is 0 Å². The summed E-state index contributed by atoms with van der Waals surface area (Å²) in [5.74, 6) is -0.315. The van der Waals surface area contributed by atoms with Crippen LogP contribution in [0.2, 0.25) is 0 Å². The number of aliphatic hydroxyl groups excluding tert-OH is 6. The summed E-state index contributed by atoms with van der Waals surface area (Å²) in [6.45, 7) is 3.51. The highest BCUT2D eigenvalue weighted by Crippen LogP contribution is 2.23. The van der Waals surface area contributed by atoms with Crippen molar-refractivity contribution in [3.63, 3.8) is 0 Å². The van der Waals surface area contributed by atoms with Gasteiger partial charge in [0.1, 0.15) is 30.5 Å². The minimum atomic E-state index is -1.62. The number of rotatable bonds is 34. The average molecular weight is 766 g/mol. The maximum atomic E-state index is 12.9. The van der Waals surface area contributed by atoms with E-state index in [2.05, 4.69) is 61.7 Å².